The van der Waals surface area contributed by atoms with Crippen LogP contribution >= 0.6 is 0 Å². The van der Waals surface area contributed by atoms with Crippen LogP contribution in [0.15, 0.2) is 0 Å². The van der Waals surface area contributed by atoms with Gasteiger partial charge >= 0.3 is 12.0 Å². The molecule has 3 N–H and O–H groups in total. The third kappa shape index (κ3) is 5.83. The number of hydrogen-bond acceptors (Lipinski definition) is 4. The Morgan fingerprint density at radius 2 is 2.00 bits per heavy atom. The predicted molar refractivity (Wildman–Crippen MR) is 65.4 cm³/mol. The van der Waals surface area contributed by atoms with Gasteiger partial charge in [-0.15, -0.1) is 0 Å². The third-order valence-corrected chi connectivity index (χ3v) is 2.41. The van der Waals surface area contributed by atoms with Crippen LogP contribution in [0, 0.1) is 0 Å². The summed E-state index contributed by atoms with van der Waals surface area (Å²) in [7, 11) is 0. The molecule has 106 valence electrons. The fourth-order valence-corrected chi connectivity index (χ4v) is 1.34. The summed E-state index contributed by atoms with van der Waals surface area (Å²) in [5.74, 6) is -1.26. The second kappa shape index (κ2) is 8.71. The third-order valence-electron chi connectivity index (χ3n) is 2.41. The molecule has 0 aliphatic rings. The Balaban J connectivity index is 4.36. The van der Waals surface area contributed by atoms with Crippen molar-refractivity contribution in [2.45, 2.75) is 32.9 Å². The fourth-order valence-electron chi connectivity index (χ4n) is 1.34. The van der Waals surface area contributed by atoms with Gasteiger partial charge in [-0.3, -0.25) is 0 Å². The monoisotopic (exact) mass is 262 g/mol. The Hall–Kier alpha value is -1.34. The number of aliphatic hydroxyl groups excluding tert-OH is 1. The number of nitrogens with zero attached hydrogens (tertiary/aromatic N) is 1. The average molecular weight is 262 g/mol. The highest BCUT2D eigenvalue weighted by Crippen LogP contribution is 1.97. The molecular formula is C11H22N2O5. The molecule has 0 aromatic rings. The second-order valence-electron chi connectivity index (χ2n) is 3.78. The van der Waals surface area contributed by atoms with Gasteiger partial charge in [0, 0.05) is 19.7 Å². The van der Waals surface area contributed by atoms with Crippen molar-refractivity contribution in [1.82, 2.24) is 10.2 Å². The van der Waals surface area contributed by atoms with Crippen molar-refractivity contribution in [3.8, 4) is 0 Å². The van der Waals surface area contributed by atoms with Crippen LogP contribution in [0.1, 0.15) is 20.8 Å². The van der Waals surface area contributed by atoms with Gasteiger partial charge in [0.05, 0.1) is 12.7 Å². The first-order valence-electron chi connectivity index (χ1n) is 5.98. The van der Waals surface area contributed by atoms with E-state index in [0.29, 0.717) is 26.3 Å². The van der Waals surface area contributed by atoms with E-state index in [4.69, 9.17) is 9.84 Å². The van der Waals surface area contributed by atoms with Crippen molar-refractivity contribution in [1.29, 1.82) is 0 Å². The summed E-state index contributed by atoms with van der Waals surface area (Å²) in [6.07, 6.45) is -1.16. The van der Waals surface area contributed by atoms with Gasteiger partial charge in [0.2, 0.25) is 0 Å². The Kier molecular flexibility index (Phi) is 8.06. The summed E-state index contributed by atoms with van der Waals surface area (Å²) >= 11 is 0. The van der Waals surface area contributed by atoms with E-state index >= 15 is 0 Å². The number of amides is 2. The van der Waals surface area contributed by atoms with Crippen LogP contribution in [-0.2, 0) is 9.53 Å². The lowest BCUT2D eigenvalue weighted by Gasteiger charge is -2.24. The SMILES string of the molecule is CCOCCN(CC)C(=O)NC(C(=O)O)C(C)O. The van der Waals surface area contributed by atoms with Crippen LogP contribution in [0.25, 0.3) is 0 Å². The molecule has 0 aliphatic heterocycles. The van der Waals surface area contributed by atoms with E-state index in [0.717, 1.165) is 0 Å². The van der Waals surface area contributed by atoms with Gasteiger partial charge in [0.15, 0.2) is 6.04 Å². The second-order valence-corrected chi connectivity index (χ2v) is 3.78. The van der Waals surface area contributed by atoms with Crippen LogP contribution in [0.2, 0.25) is 0 Å². The summed E-state index contributed by atoms with van der Waals surface area (Å²) in [6.45, 7) is 6.71. The number of carbonyl (C=O) groups is 2. The number of carbonyl (C=O) groups excluding carboxylic acids is 1. The Morgan fingerprint density at radius 1 is 1.39 bits per heavy atom. The zero-order valence-electron chi connectivity index (χ0n) is 11.0. The predicted octanol–water partition coefficient (Wildman–Crippen LogP) is -0.112. The highest BCUT2D eigenvalue weighted by Gasteiger charge is 2.26. The fraction of sp³-hybridized carbons (Fsp3) is 0.818. The number of carboxylic acids is 1. The molecule has 2 atom stereocenters. The van der Waals surface area contributed by atoms with E-state index in [1.807, 2.05) is 6.92 Å². The lowest BCUT2D eigenvalue weighted by atomic mass is 10.2. The number of nitrogens with one attached hydrogen (secondary N) is 1. The normalized spacial score (nSPS) is 13.8. The summed E-state index contributed by atoms with van der Waals surface area (Å²) < 4.78 is 5.13. The molecule has 0 heterocycles. The summed E-state index contributed by atoms with van der Waals surface area (Å²) in [6, 6.07) is -1.83. The molecule has 0 aromatic heterocycles. The van der Waals surface area contributed by atoms with Crippen LogP contribution < -0.4 is 5.32 Å². The highest BCUT2D eigenvalue weighted by atomic mass is 16.5. The quantitative estimate of drug-likeness (QED) is 0.530. The Morgan fingerprint density at radius 3 is 2.39 bits per heavy atom. The maximum absolute atomic E-state index is 11.8. The molecule has 0 saturated heterocycles. The van der Waals surface area contributed by atoms with E-state index in [9.17, 15) is 14.7 Å². The number of carboxylic acid groups (broad SMARTS) is 1. The maximum atomic E-state index is 11.8. The molecule has 0 aliphatic carbocycles. The molecule has 0 spiro atoms. The van der Waals surface area contributed by atoms with Gasteiger partial charge < -0.3 is 25.2 Å². The summed E-state index contributed by atoms with van der Waals surface area (Å²) in [5, 5.41) is 20.4. The van der Waals surface area contributed by atoms with Crippen molar-refractivity contribution in [3.05, 3.63) is 0 Å². The summed E-state index contributed by atoms with van der Waals surface area (Å²) in [4.78, 5) is 24.0. The molecule has 7 heteroatoms. The Bertz CT molecular complexity index is 270. The van der Waals surface area contributed by atoms with Gasteiger partial charge in [-0.05, 0) is 20.8 Å². The number of aliphatic carboxylic acids is 1. The van der Waals surface area contributed by atoms with Crippen molar-refractivity contribution in [2.75, 3.05) is 26.3 Å². The maximum Gasteiger partial charge on any atom is 0.328 e. The van der Waals surface area contributed by atoms with E-state index in [1.54, 1.807) is 6.92 Å². The molecule has 0 aromatic carbocycles. The molecule has 0 radical (unpaired) electrons. The van der Waals surface area contributed by atoms with E-state index < -0.39 is 24.1 Å². The van der Waals surface area contributed by atoms with Gasteiger partial charge in [-0.1, -0.05) is 0 Å². The smallest absolute Gasteiger partial charge is 0.328 e. The first-order valence-corrected chi connectivity index (χ1v) is 5.98. The van der Waals surface area contributed by atoms with Gasteiger partial charge in [-0.2, -0.15) is 0 Å². The number of aliphatic hydroxyl groups is 1. The average Bonchev–Trinajstić information content (AvgIpc) is 2.30. The molecule has 0 saturated carbocycles. The number of rotatable bonds is 8. The van der Waals surface area contributed by atoms with Crippen LogP contribution in [-0.4, -0.2) is 65.6 Å². The summed E-state index contributed by atoms with van der Waals surface area (Å²) in [5.41, 5.74) is 0. The topological polar surface area (TPSA) is 99.1 Å². The minimum absolute atomic E-state index is 0.377. The van der Waals surface area contributed by atoms with Crippen molar-refractivity contribution < 1.29 is 24.5 Å². The van der Waals surface area contributed by atoms with E-state index in [1.165, 1.54) is 11.8 Å². The highest BCUT2D eigenvalue weighted by molar-refractivity contribution is 5.83. The van der Waals surface area contributed by atoms with Gasteiger partial charge in [0.25, 0.3) is 0 Å². The molecule has 0 bridgehead atoms. The van der Waals surface area contributed by atoms with Gasteiger partial charge in [0.1, 0.15) is 0 Å². The molecule has 2 unspecified atom stereocenters. The molecule has 7 nitrogen and oxygen atoms in total. The van der Waals surface area contributed by atoms with Crippen LogP contribution in [0.4, 0.5) is 4.79 Å². The molecule has 0 fully saturated rings. The lowest BCUT2D eigenvalue weighted by molar-refractivity contribution is -0.141. The molecule has 0 rings (SSSR count). The molecular weight excluding hydrogens is 240 g/mol. The number of ether oxygens (including phenoxy) is 1. The standard InChI is InChI=1S/C11H22N2O5/c1-4-13(6-7-18-5-2)11(17)12-9(8(3)14)10(15)16/h8-9,14H,4-7H2,1-3H3,(H,12,17)(H,15,16). The van der Waals surface area contributed by atoms with Crippen molar-refractivity contribution in [3.63, 3.8) is 0 Å². The number of hydrogen-bond donors (Lipinski definition) is 3. The van der Waals surface area contributed by atoms with E-state index in [-0.39, 0.29) is 0 Å². The molecule has 18 heavy (non-hydrogen) atoms. The number of likely N-dealkylation sites (N-methyl/N-ethyl adjacent to an activating group) is 1. The minimum Gasteiger partial charge on any atom is -0.480 e. The molecule has 2 amide bonds. The van der Waals surface area contributed by atoms with Crippen LogP contribution in [0.3, 0.4) is 0 Å². The first kappa shape index (κ1) is 16.7. The zero-order valence-corrected chi connectivity index (χ0v) is 11.0. The largest absolute Gasteiger partial charge is 0.480 e. The van der Waals surface area contributed by atoms with Crippen LogP contribution in [0.5, 0.6) is 0 Å². The lowest BCUT2D eigenvalue weighted by Crippen LogP contribution is -2.52. The minimum atomic E-state index is -1.31. The van der Waals surface area contributed by atoms with E-state index in [2.05, 4.69) is 5.32 Å². The van der Waals surface area contributed by atoms with Crippen molar-refractivity contribution >= 4 is 12.0 Å². The first-order chi connectivity index (χ1) is 8.43. The zero-order chi connectivity index (χ0) is 14.1. The number of urea groups is 1. The van der Waals surface area contributed by atoms with Crippen molar-refractivity contribution in [2.24, 2.45) is 0 Å². The Labute approximate surface area is 107 Å². The van der Waals surface area contributed by atoms with Gasteiger partial charge in [-0.25, -0.2) is 9.59 Å².